The Hall–Kier alpha value is -0.950. The number of quaternary nitrogens is 1. The standard InChI is InChI=1S/C17H22NO3.HI/c1-18(2)13-8-9-14(18)11-15(10-13)21-17(20)16(19)12-6-4-3-5-7-12;/h3-7,13-15H,8-11H2,1-2H3;1H/q+1;/p-1. The van der Waals surface area contributed by atoms with Crippen molar-refractivity contribution in [3.63, 3.8) is 0 Å². The Morgan fingerprint density at radius 2 is 1.59 bits per heavy atom. The molecule has 0 aliphatic carbocycles. The van der Waals surface area contributed by atoms with E-state index in [0.29, 0.717) is 17.6 Å². The Balaban J connectivity index is 0.00000176. The SMILES string of the molecule is C[N+]1(C)C2CCC1CC(OC(=O)C(=O)c1ccccc1)C2.[I-]. The maximum atomic E-state index is 12.0. The molecule has 3 rings (SSSR count). The molecule has 2 bridgehead atoms. The molecular formula is C17H22INO3. The van der Waals surface area contributed by atoms with Crippen LogP contribution >= 0.6 is 0 Å². The van der Waals surface area contributed by atoms with Gasteiger partial charge in [-0.2, -0.15) is 0 Å². The highest BCUT2D eigenvalue weighted by atomic mass is 127. The topological polar surface area (TPSA) is 43.4 Å². The zero-order chi connectivity index (χ0) is 15.0. The monoisotopic (exact) mass is 415 g/mol. The quantitative estimate of drug-likeness (QED) is 0.213. The van der Waals surface area contributed by atoms with Crippen LogP contribution in [-0.2, 0) is 9.53 Å². The number of fused-ring (bicyclic) bond motifs is 2. The number of esters is 1. The number of halogens is 1. The molecule has 2 fully saturated rings. The van der Waals surface area contributed by atoms with Gasteiger partial charge in [0, 0.05) is 31.2 Å². The van der Waals surface area contributed by atoms with Crippen LogP contribution in [0.2, 0.25) is 0 Å². The van der Waals surface area contributed by atoms with Crippen LogP contribution < -0.4 is 24.0 Å². The number of Topliss-reactive ketones (excluding diaryl/α,β-unsaturated/α-hetero) is 1. The second-order valence-corrected chi connectivity index (χ2v) is 6.71. The van der Waals surface area contributed by atoms with Gasteiger partial charge < -0.3 is 33.2 Å². The van der Waals surface area contributed by atoms with Crippen LogP contribution in [0.3, 0.4) is 0 Å². The van der Waals surface area contributed by atoms with Crippen molar-refractivity contribution in [1.82, 2.24) is 0 Å². The van der Waals surface area contributed by atoms with Crippen LogP contribution in [0.4, 0.5) is 0 Å². The van der Waals surface area contributed by atoms with Gasteiger partial charge in [-0.1, -0.05) is 30.3 Å². The number of rotatable bonds is 3. The molecule has 22 heavy (non-hydrogen) atoms. The first kappa shape index (κ1) is 17.4. The van der Waals surface area contributed by atoms with Crippen LogP contribution in [0.25, 0.3) is 0 Å². The maximum absolute atomic E-state index is 12.0. The van der Waals surface area contributed by atoms with Gasteiger partial charge in [-0.15, -0.1) is 0 Å². The third-order valence-corrected chi connectivity index (χ3v) is 5.28. The van der Waals surface area contributed by atoms with Gasteiger partial charge in [0.25, 0.3) is 5.78 Å². The summed E-state index contributed by atoms with van der Waals surface area (Å²) in [6, 6.07) is 9.72. The summed E-state index contributed by atoms with van der Waals surface area (Å²) in [6.07, 6.45) is 4.03. The predicted molar refractivity (Wildman–Crippen MR) is 78.8 cm³/mol. The average Bonchev–Trinajstić information content (AvgIpc) is 2.67. The minimum atomic E-state index is -0.710. The minimum Gasteiger partial charge on any atom is -1.00 e. The molecule has 2 heterocycles. The van der Waals surface area contributed by atoms with E-state index in [1.807, 2.05) is 6.07 Å². The van der Waals surface area contributed by atoms with E-state index in [1.54, 1.807) is 24.3 Å². The molecule has 5 heteroatoms. The number of carbonyl (C=O) groups is 2. The molecule has 0 aromatic heterocycles. The van der Waals surface area contributed by atoms with Crippen LogP contribution in [0.1, 0.15) is 36.0 Å². The molecule has 0 spiro atoms. The first-order valence-corrected chi connectivity index (χ1v) is 7.62. The molecule has 1 aromatic rings. The van der Waals surface area contributed by atoms with Crippen LogP contribution in [0.5, 0.6) is 0 Å². The van der Waals surface area contributed by atoms with Gasteiger partial charge >= 0.3 is 5.97 Å². The van der Waals surface area contributed by atoms with Crippen molar-refractivity contribution in [3.8, 4) is 0 Å². The first-order chi connectivity index (χ1) is 9.98. The van der Waals surface area contributed by atoms with Gasteiger partial charge in [-0.25, -0.2) is 4.79 Å². The van der Waals surface area contributed by atoms with Crippen LogP contribution in [0, 0.1) is 0 Å². The summed E-state index contributed by atoms with van der Waals surface area (Å²) in [7, 11) is 4.52. The summed E-state index contributed by atoms with van der Waals surface area (Å²) in [4.78, 5) is 24.1. The second kappa shape index (κ2) is 6.66. The molecule has 1 aromatic carbocycles. The van der Waals surface area contributed by atoms with Crippen molar-refractivity contribution < 1.29 is 42.8 Å². The number of benzene rings is 1. The minimum absolute atomic E-state index is 0. The van der Waals surface area contributed by atoms with Crippen molar-refractivity contribution in [2.24, 2.45) is 0 Å². The highest BCUT2D eigenvalue weighted by Crippen LogP contribution is 2.40. The summed E-state index contributed by atoms with van der Waals surface area (Å²) in [5.74, 6) is -1.25. The highest BCUT2D eigenvalue weighted by Gasteiger charge is 2.50. The first-order valence-electron chi connectivity index (χ1n) is 7.62. The molecule has 2 aliphatic heterocycles. The van der Waals surface area contributed by atoms with E-state index in [1.165, 1.54) is 12.8 Å². The smallest absolute Gasteiger partial charge is 0.379 e. The Morgan fingerprint density at radius 3 is 2.14 bits per heavy atom. The fourth-order valence-corrected chi connectivity index (χ4v) is 3.84. The Labute approximate surface area is 148 Å². The summed E-state index contributed by atoms with van der Waals surface area (Å²) in [5, 5.41) is 0. The normalized spacial score (nSPS) is 28.5. The van der Waals surface area contributed by atoms with Crippen molar-refractivity contribution in [2.75, 3.05) is 14.1 Å². The lowest BCUT2D eigenvalue weighted by atomic mass is 9.98. The van der Waals surface area contributed by atoms with E-state index in [4.69, 9.17) is 4.74 Å². The molecule has 120 valence electrons. The van der Waals surface area contributed by atoms with E-state index >= 15 is 0 Å². The molecule has 0 amide bonds. The predicted octanol–water partition coefficient (Wildman–Crippen LogP) is -0.814. The molecule has 4 nitrogen and oxygen atoms in total. The number of hydrogen-bond acceptors (Lipinski definition) is 3. The average molecular weight is 415 g/mol. The molecule has 2 unspecified atom stereocenters. The molecule has 2 saturated heterocycles. The Bertz CT molecular complexity index is 542. The summed E-state index contributed by atoms with van der Waals surface area (Å²) < 4.78 is 6.51. The van der Waals surface area contributed by atoms with Crippen molar-refractivity contribution >= 4 is 11.8 Å². The molecule has 0 N–H and O–H groups in total. The van der Waals surface area contributed by atoms with E-state index in [0.717, 1.165) is 17.3 Å². The van der Waals surface area contributed by atoms with E-state index in [9.17, 15) is 9.59 Å². The van der Waals surface area contributed by atoms with E-state index < -0.39 is 11.8 Å². The lowest BCUT2D eigenvalue weighted by molar-refractivity contribution is -0.931. The zero-order valence-corrected chi connectivity index (χ0v) is 15.2. The van der Waals surface area contributed by atoms with E-state index in [-0.39, 0.29) is 30.1 Å². The van der Waals surface area contributed by atoms with Crippen molar-refractivity contribution in [2.45, 2.75) is 43.9 Å². The van der Waals surface area contributed by atoms with Crippen molar-refractivity contribution in [3.05, 3.63) is 35.9 Å². The van der Waals surface area contributed by atoms with Gasteiger partial charge in [0.15, 0.2) is 0 Å². The molecule has 0 saturated carbocycles. The zero-order valence-electron chi connectivity index (χ0n) is 13.0. The van der Waals surface area contributed by atoms with Gasteiger partial charge in [-0.05, 0) is 0 Å². The van der Waals surface area contributed by atoms with Gasteiger partial charge in [0.05, 0.1) is 26.2 Å². The highest BCUT2D eigenvalue weighted by molar-refractivity contribution is 6.40. The van der Waals surface area contributed by atoms with E-state index in [2.05, 4.69) is 14.1 Å². The summed E-state index contributed by atoms with van der Waals surface area (Å²) >= 11 is 0. The second-order valence-electron chi connectivity index (χ2n) is 6.71. The van der Waals surface area contributed by atoms with Gasteiger partial charge in [0.1, 0.15) is 6.10 Å². The van der Waals surface area contributed by atoms with Crippen LogP contribution in [-0.4, -0.2) is 48.5 Å². The number of hydrogen-bond donors (Lipinski definition) is 0. The number of carbonyl (C=O) groups excluding carboxylic acids is 2. The van der Waals surface area contributed by atoms with Gasteiger partial charge in [-0.3, -0.25) is 4.79 Å². The number of nitrogens with zero attached hydrogens (tertiary/aromatic N) is 1. The summed E-state index contributed by atoms with van der Waals surface area (Å²) in [5.41, 5.74) is 0.400. The molecule has 0 radical (unpaired) electrons. The largest absolute Gasteiger partial charge is 1.00 e. The number of ether oxygens (including phenoxy) is 1. The number of piperidine rings is 1. The fourth-order valence-electron chi connectivity index (χ4n) is 3.84. The molecule has 2 aliphatic rings. The molecular weight excluding hydrogens is 393 g/mol. The van der Waals surface area contributed by atoms with Crippen LogP contribution in [0.15, 0.2) is 30.3 Å². The fraction of sp³-hybridized carbons (Fsp3) is 0.529. The maximum Gasteiger partial charge on any atom is 0.379 e. The third-order valence-electron chi connectivity index (χ3n) is 5.28. The lowest BCUT2D eigenvalue weighted by Gasteiger charge is -2.43. The third kappa shape index (κ3) is 3.20. The Kier molecular flexibility index (Phi) is 5.27. The van der Waals surface area contributed by atoms with Crippen molar-refractivity contribution in [1.29, 1.82) is 0 Å². The molecule has 2 atom stereocenters. The Morgan fingerprint density at radius 1 is 1.05 bits per heavy atom. The number of ketones is 1. The lowest BCUT2D eigenvalue weighted by Crippen LogP contribution is -3.00. The summed E-state index contributed by atoms with van der Waals surface area (Å²) in [6.45, 7) is 0. The van der Waals surface area contributed by atoms with Gasteiger partial charge in [0.2, 0.25) is 0 Å².